The van der Waals surface area contributed by atoms with E-state index in [9.17, 15) is 4.79 Å². The highest BCUT2D eigenvalue weighted by Gasteiger charge is 2.83. The molecule has 4 saturated carbocycles. The molecule has 0 heterocycles. The van der Waals surface area contributed by atoms with Crippen molar-refractivity contribution < 1.29 is 9.90 Å². The first kappa shape index (κ1) is 10.4. The van der Waals surface area contributed by atoms with E-state index in [0.717, 1.165) is 17.8 Å². The average molecular weight is 235 g/mol. The van der Waals surface area contributed by atoms with Crippen LogP contribution in [0, 0.1) is 40.4 Å². The predicted octanol–water partition coefficient (Wildman–Crippen LogP) is 1.72. The molecule has 0 amide bonds. The number of fused-ring (bicyclic) bond motifs is 1. The Morgan fingerprint density at radius 2 is 2.12 bits per heavy atom. The van der Waals surface area contributed by atoms with Gasteiger partial charge in [-0.1, -0.05) is 6.92 Å². The van der Waals surface area contributed by atoms with E-state index in [0.29, 0.717) is 30.2 Å². The Hall–Kier alpha value is -0.570. The first-order valence-corrected chi connectivity index (χ1v) is 6.98. The Morgan fingerprint density at radius 3 is 2.71 bits per heavy atom. The standard InChI is InChI=1S/C14H21NO2/c1-7-8-2-10-13(6-15,5-12(16)17)11-3-9(7)14(10,11)4-8/h7-11H,2-6,15H2,1H3,(H,16,17)/t7?,8-,9?,10-,11+,13-,14+/m1/s1. The summed E-state index contributed by atoms with van der Waals surface area (Å²) in [6.45, 7) is 3.00. The van der Waals surface area contributed by atoms with Crippen LogP contribution < -0.4 is 5.73 Å². The predicted molar refractivity (Wildman–Crippen MR) is 63.1 cm³/mol. The molecule has 3 N–H and O–H groups in total. The van der Waals surface area contributed by atoms with Gasteiger partial charge in [0.2, 0.25) is 0 Å². The third kappa shape index (κ3) is 0.815. The molecule has 4 aliphatic carbocycles. The van der Waals surface area contributed by atoms with E-state index < -0.39 is 5.97 Å². The van der Waals surface area contributed by atoms with Crippen molar-refractivity contribution in [3.8, 4) is 0 Å². The van der Waals surface area contributed by atoms with E-state index in [1.54, 1.807) is 0 Å². The van der Waals surface area contributed by atoms with Crippen molar-refractivity contribution in [1.82, 2.24) is 0 Å². The van der Waals surface area contributed by atoms with Crippen molar-refractivity contribution in [1.29, 1.82) is 0 Å². The lowest BCUT2D eigenvalue weighted by Gasteiger charge is -2.77. The lowest BCUT2D eigenvalue weighted by molar-refractivity contribution is -0.295. The fourth-order valence-corrected chi connectivity index (χ4v) is 6.79. The number of hydrogen-bond acceptors (Lipinski definition) is 2. The number of hydrogen-bond donors (Lipinski definition) is 2. The number of carboxylic acids is 1. The van der Waals surface area contributed by atoms with E-state index in [1.165, 1.54) is 19.3 Å². The zero-order valence-corrected chi connectivity index (χ0v) is 10.4. The lowest BCUT2D eigenvalue weighted by Crippen LogP contribution is -2.75. The number of carbonyl (C=O) groups is 1. The van der Waals surface area contributed by atoms with Crippen LogP contribution in [0.1, 0.15) is 32.6 Å². The van der Waals surface area contributed by atoms with Crippen LogP contribution in [-0.4, -0.2) is 17.6 Å². The number of nitrogens with two attached hydrogens (primary N) is 1. The van der Waals surface area contributed by atoms with Gasteiger partial charge in [0.1, 0.15) is 0 Å². The maximum atomic E-state index is 11.1. The van der Waals surface area contributed by atoms with Gasteiger partial charge >= 0.3 is 5.97 Å². The van der Waals surface area contributed by atoms with E-state index in [2.05, 4.69) is 6.92 Å². The summed E-state index contributed by atoms with van der Waals surface area (Å²) < 4.78 is 0. The molecule has 0 aromatic rings. The van der Waals surface area contributed by atoms with E-state index in [1.807, 2.05) is 0 Å². The third-order valence-electron chi connectivity index (χ3n) is 7.26. The van der Waals surface area contributed by atoms with Crippen molar-refractivity contribution in [3.63, 3.8) is 0 Å². The first-order valence-electron chi connectivity index (χ1n) is 6.98. The van der Waals surface area contributed by atoms with Gasteiger partial charge < -0.3 is 10.8 Å². The molecule has 0 aromatic heterocycles. The van der Waals surface area contributed by atoms with Gasteiger partial charge in [-0.3, -0.25) is 4.79 Å². The highest BCUT2D eigenvalue weighted by Crippen LogP contribution is 2.88. The summed E-state index contributed by atoms with van der Waals surface area (Å²) in [6, 6.07) is 0. The summed E-state index contributed by atoms with van der Waals surface area (Å²) in [4.78, 5) is 11.1. The van der Waals surface area contributed by atoms with Crippen molar-refractivity contribution in [2.75, 3.05) is 6.54 Å². The fourth-order valence-electron chi connectivity index (χ4n) is 6.79. The van der Waals surface area contributed by atoms with Gasteiger partial charge in [0.25, 0.3) is 0 Å². The van der Waals surface area contributed by atoms with Crippen LogP contribution in [0.15, 0.2) is 0 Å². The number of aliphatic carboxylic acids is 1. The Balaban J connectivity index is 1.70. The van der Waals surface area contributed by atoms with Gasteiger partial charge in [-0.2, -0.15) is 0 Å². The van der Waals surface area contributed by atoms with Crippen molar-refractivity contribution in [2.45, 2.75) is 32.6 Å². The minimum Gasteiger partial charge on any atom is -0.481 e. The van der Waals surface area contributed by atoms with E-state index >= 15 is 0 Å². The van der Waals surface area contributed by atoms with Crippen molar-refractivity contribution >= 4 is 5.97 Å². The van der Waals surface area contributed by atoms with Crippen LogP contribution in [0.5, 0.6) is 0 Å². The largest absolute Gasteiger partial charge is 0.481 e. The van der Waals surface area contributed by atoms with E-state index in [-0.39, 0.29) is 5.41 Å². The van der Waals surface area contributed by atoms with Gasteiger partial charge in [0.15, 0.2) is 0 Å². The van der Waals surface area contributed by atoms with Crippen LogP contribution in [-0.2, 0) is 4.79 Å². The number of rotatable bonds is 3. The molecule has 94 valence electrons. The molecular weight excluding hydrogens is 214 g/mol. The second-order valence-corrected chi connectivity index (χ2v) is 7.13. The first-order chi connectivity index (χ1) is 8.06. The van der Waals surface area contributed by atoms with Crippen molar-refractivity contribution in [3.05, 3.63) is 0 Å². The molecule has 0 saturated heterocycles. The molecule has 4 fully saturated rings. The summed E-state index contributed by atoms with van der Waals surface area (Å²) in [7, 11) is 0. The maximum absolute atomic E-state index is 11.1. The SMILES string of the molecule is CC1C2C[C@H]3[C@@](CN)(CC(=O)O)[C@H]4C[C@@H]1C[C@]243. The second kappa shape index (κ2) is 2.71. The molecule has 17 heavy (non-hydrogen) atoms. The fraction of sp³-hybridized carbons (Fsp3) is 0.929. The molecule has 0 aliphatic heterocycles. The molecular formula is C14H21NO2. The van der Waals surface area contributed by atoms with Crippen LogP contribution >= 0.6 is 0 Å². The van der Waals surface area contributed by atoms with Gasteiger partial charge in [-0.05, 0) is 66.2 Å². The minimum absolute atomic E-state index is 0.0305. The zero-order chi connectivity index (χ0) is 12.0. The number of carboxylic acid groups (broad SMARTS) is 1. The molecule has 4 rings (SSSR count). The summed E-state index contributed by atoms with van der Waals surface area (Å²) in [5.74, 6) is 3.30. The van der Waals surface area contributed by atoms with Crippen molar-refractivity contribution in [2.24, 2.45) is 46.2 Å². The van der Waals surface area contributed by atoms with Gasteiger partial charge in [-0.25, -0.2) is 0 Å². The third-order valence-corrected chi connectivity index (χ3v) is 7.26. The highest BCUT2D eigenvalue weighted by molar-refractivity contribution is 5.68. The summed E-state index contributed by atoms with van der Waals surface area (Å²) in [5, 5.41) is 9.16. The maximum Gasteiger partial charge on any atom is 0.303 e. The molecule has 0 aromatic carbocycles. The van der Waals surface area contributed by atoms with Gasteiger partial charge in [-0.15, -0.1) is 0 Å². The molecule has 3 nitrogen and oxygen atoms in total. The topological polar surface area (TPSA) is 63.3 Å². The monoisotopic (exact) mass is 235 g/mol. The zero-order valence-electron chi connectivity index (χ0n) is 10.4. The average Bonchev–Trinajstić information content (AvgIpc) is 2.74. The van der Waals surface area contributed by atoms with Gasteiger partial charge in [0, 0.05) is 0 Å². The molecule has 0 radical (unpaired) electrons. The van der Waals surface area contributed by atoms with Gasteiger partial charge in [0.05, 0.1) is 6.42 Å². The van der Waals surface area contributed by atoms with Crippen LogP contribution in [0.3, 0.4) is 0 Å². The molecule has 1 spiro atoms. The molecule has 7 atom stereocenters. The summed E-state index contributed by atoms with van der Waals surface area (Å²) in [5.41, 5.74) is 6.51. The highest BCUT2D eigenvalue weighted by atomic mass is 16.4. The van der Waals surface area contributed by atoms with Crippen LogP contribution in [0.25, 0.3) is 0 Å². The minimum atomic E-state index is -0.649. The smallest absolute Gasteiger partial charge is 0.303 e. The molecule has 2 unspecified atom stereocenters. The Kier molecular flexibility index (Phi) is 1.65. The lowest BCUT2D eigenvalue weighted by atomic mass is 9.27. The second-order valence-electron chi connectivity index (χ2n) is 7.13. The Labute approximate surface area is 102 Å². The van der Waals surface area contributed by atoms with Crippen LogP contribution in [0.4, 0.5) is 0 Å². The summed E-state index contributed by atoms with van der Waals surface area (Å²) in [6.07, 6.45) is 4.22. The molecule has 2 bridgehead atoms. The molecule has 4 aliphatic rings. The molecule has 3 heteroatoms. The normalized spacial score (nSPS) is 61.6. The Morgan fingerprint density at radius 1 is 1.41 bits per heavy atom. The Bertz CT molecular complexity index is 409. The quantitative estimate of drug-likeness (QED) is 0.783. The van der Waals surface area contributed by atoms with Crippen LogP contribution in [0.2, 0.25) is 0 Å². The van der Waals surface area contributed by atoms with E-state index in [4.69, 9.17) is 10.8 Å². The summed E-state index contributed by atoms with van der Waals surface area (Å²) >= 11 is 0.